The van der Waals surface area contributed by atoms with Crippen molar-refractivity contribution in [1.29, 1.82) is 0 Å². The average Bonchev–Trinajstić information content (AvgIpc) is 3.24. The summed E-state index contributed by atoms with van der Waals surface area (Å²) >= 11 is 1.28. The molecule has 0 saturated carbocycles. The highest BCUT2D eigenvalue weighted by molar-refractivity contribution is 7.12. The van der Waals surface area contributed by atoms with Gasteiger partial charge in [-0.2, -0.15) is 0 Å². The first-order valence-corrected chi connectivity index (χ1v) is 10.1. The van der Waals surface area contributed by atoms with Crippen LogP contribution >= 0.6 is 11.3 Å². The molecule has 2 rings (SSSR count). The number of nitrogens with zero attached hydrogens (tertiary/aromatic N) is 1. The Hall–Kier alpha value is -2.42. The Kier molecular flexibility index (Phi) is 7.98. The van der Waals surface area contributed by atoms with E-state index in [-0.39, 0.29) is 36.2 Å². The highest BCUT2D eigenvalue weighted by Crippen LogP contribution is 2.18. The number of methoxy groups -OCH3 is 1. The molecule has 1 atom stereocenters. The van der Waals surface area contributed by atoms with Gasteiger partial charge in [-0.25, -0.2) is 4.79 Å². The molecular formula is C19H26N2O6S. The number of ether oxygens (including phenoxy) is 2. The van der Waals surface area contributed by atoms with E-state index in [0.717, 1.165) is 0 Å². The second-order valence-electron chi connectivity index (χ2n) is 6.96. The quantitative estimate of drug-likeness (QED) is 0.683. The lowest BCUT2D eigenvalue weighted by molar-refractivity contribution is -0.156. The highest BCUT2D eigenvalue weighted by Gasteiger charge is 2.30. The molecule has 0 radical (unpaired) electrons. The van der Waals surface area contributed by atoms with Gasteiger partial charge in [0, 0.05) is 13.1 Å². The number of hydrogen-bond acceptors (Lipinski definition) is 7. The van der Waals surface area contributed by atoms with Gasteiger partial charge in [-0.05, 0) is 30.2 Å². The van der Waals surface area contributed by atoms with Crippen molar-refractivity contribution in [3.05, 3.63) is 22.4 Å². The van der Waals surface area contributed by atoms with Crippen molar-refractivity contribution >= 4 is 35.1 Å². The first-order chi connectivity index (χ1) is 13.3. The fourth-order valence-electron chi connectivity index (χ4n) is 2.96. The Labute approximate surface area is 168 Å². The first-order valence-electron chi connectivity index (χ1n) is 9.20. The van der Waals surface area contributed by atoms with Crippen LogP contribution in [0.3, 0.4) is 0 Å². The van der Waals surface area contributed by atoms with Crippen molar-refractivity contribution in [1.82, 2.24) is 10.2 Å². The van der Waals surface area contributed by atoms with Gasteiger partial charge in [-0.3, -0.25) is 14.4 Å². The van der Waals surface area contributed by atoms with Gasteiger partial charge in [0.25, 0.3) is 11.8 Å². The average molecular weight is 410 g/mol. The number of carbonyl (C=O) groups is 4. The van der Waals surface area contributed by atoms with Gasteiger partial charge in [0.15, 0.2) is 6.61 Å². The molecule has 0 bridgehead atoms. The van der Waals surface area contributed by atoms with Crippen molar-refractivity contribution in [3.8, 4) is 0 Å². The van der Waals surface area contributed by atoms with Crippen LogP contribution in [0.2, 0.25) is 0 Å². The standard InChI is InChI=1S/C19H26N2O6S/c1-12(2)16(20-17(23)14-5-4-10-28-14)19(25)27-11-15(22)21-8-6-13(7-9-21)18(24)26-3/h4-5,10,12-13,16H,6-9,11H2,1-3H3,(H,20,23). The molecule has 1 aromatic rings. The smallest absolute Gasteiger partial charge is 0.329 e. The molecule has 8 nitrogen and oxygen atoms in total. The Morgan fingerprint density at radius 3 is 2.46 bits per heavy atom. The predicted molar refractivity (Wildman–Crippen MR) is 103 cm³/mol. The van der Waals surface area contributed by atoms with Gasteiger partial charge in [-0.1, -0.05) is 19.9 Å². The molecule has 2 heterocycles. The SMILES string of the molecule is COC(=O)C1CCN(C(=O)COC(=O)C(NC(=O)c2cccs2)C(C)C)CC1. The van der Waals surface area contributed by atoms with E-state index in [4.69, 9.17) is 9.47 Å². The van der Waals surface area contributed by atoms with Gasteiger partial charge < -0.3 is 19.7 Å². The van der Waals surface area contributed by atoms with Crippen LogP contribution in [-0.2, 0) is 23.9 Å². The Bertz CT molecular complexity index is 695. The predicted octanol–water partition coefficient (Wildman–Crippen LogP) is 1.46. The van der Waals surface area contributed by atoms with Gasteiger partial charge in [0.2, 0.25) is 0 Å². The molecule has 28 heavy (non-hydrogen) atoms. The molecular weight excluding hydrogens is 384 g/mol. The zero-order valence-electron chi connectivity index (χ0n) is 16.3. The van der Waals surface area contributed by atoms with E-state index < -0.39 is 12.0 Å². The summed E-state index contributed by atoms with van der Waals surface area (Å²) in [6, 6.07) is 2.58. The van der Waals surface area contributed by atoms with Gasteiger partial charge in [0.05, 0.1) is 17.9 Å². The van der Waals surface area contributed by atoms with Crippen LogP contribution < -0.4 is 5.32 Å². The minimum absolute atomic E-state index is 0.192. The van der Waals surface area contributed by atoms with E-state index in [1.165, 1.54) is 18.4 Å². The summed E-state index contributed by atoms with van der Waals surface area (Å²) in [5, 5.41) is 4.44. The fourth-order valence-corrected chi connectivity index (χ4v) is 3.59. The lowest BCUT2D eigenvalue weighted by atomic mass is 9.97. The summed E-state index contributed by atoms with van der Waals surface area (Å²) in [6.45, 7) is 4.03. The summed E-state index contributed by atoms with van der Waals surface area (Å²) in [6.07, 6.45) is 1.05. The molecule has 0 aliphatic carbocycles. The fraction of sp³-hybridized carbons (Fsp3) is 0.579. The summed E-state index contributed by atoms with van der Waals surface area (Å²) < 4.78 is 9.89. The molecule has 1 fully saturated rings. The lowest BCUT2D eigenvalue weighted by Crippen LogP contribution is -2.47. The third kappa shape index (κ3) is 5.79. The molecule has 154 valence electrons. The number of rotatable bonds is 7. The second-order valence-corrected chi connectivity index (χ2v) is 7.91. The molecule has 1 saturated heterocycles. The van der Waals surface area contributed by atoms with Gasteiger partial charge >= 0.3 is 11.9 Å². The number of amides is 2. The second kappa shape index (κ2) is 10.2. The molecule has 9 heteroatoms. The third-order valence-corrected chi connectivity index (χ3v) is 5.54. The van der Waals surface area contributed by atoms with E-state index in [9.17, 15) is 19.2 Å². The zero-order valence-corrected chi connectivity index (χ0v) is 17.1. The van der Waals surface area contributed by atoms with Crippen LogP contribution in [0.5, 0.6) is 0 Å². The Balaban J connectivity index is 1.82. The summed E-state index contributed by atoms with van der Waals surface area (Å²) in [7, 11) is 1.35. The molecule has 0 aromatic carbocycles. The minimum atomic E-state index is -0.840. The monoisotopic (exact) mass is 410 g/mol. The summed E-state index contributed by atoms with van der Waals surface area (Å²) in [4.78, 5) is 50.5. The van der Waals surface area contributed by atoms with Crippen molar-refractivity contribution in [2.75, 3.05) is 26.8 Å². The Morgan fingerprint density at radius 2 is 1.93 bits per heavy atom. The maximum atomic E-state index is 12.4. The van der Waals surface area contributed by atoms with E-state index >= 15 is 0 Å². The van der Waals surface area contributed by atoms with Gasteiger partial charge in [-0.15, -0.1) is 11.3 Å². The van der Waals surface area contributed by atoms with Crippen molar-refractivity contribution in [3.63, 3.8) is 0 Å². The molecule has 2 amide bonds. The molecule has 1 unspecified atom stereocenters. The number of likely N-dealkylation sites (tertiary alicyclic amines) is 1. The maximum Gasteiger partial charge on any atom is 0.329 e. The summed E-state index contributed by atoms with van der Waals surface area (Å²) in [5.41, 5.74) is 0. The number of esters is 2. The number of piperidine rings is 1. The minimum Gasteiger partial charge on any atom is -0.469 e. The lowest BCUT2D eigenvalue weighted by Gasteiger charge is -2.30. The molecule has 0 spiro atoms. The highest BCUT2D eigenvalue weighted by atomic mass is 32.1. The maximum absolute atomic E-state index is 12.4. The van der Waals surface area contributed by atoms with Crippen LogP contribution in [0.15, 0.2) is 17.5 Å². The number of carbonyl (C=O) groups excluding carboxylic acids is 4. The number of nitrogens with one attached hydrogen (secondary N) is 1. The van der Waals surface area contributed by atoms with Gasteiger partial charge in [0.1, 0.15) is 6.04 Å². The first kappa shape index (κ1) is 21.9. The van der Waals surface area contributed by atoms with Crippen molar-refractivity contribution < 1.29 is 28.7 Å². The van der Waals surface area contributed by atoms with Crippen LogP contribution in [0, 0.1) is 11.8 Å². The van der Waals surface area contributed by atoms with E-state index in [1.54, 1.807) is 36.3 Å². The van der Waals surface area contributed by atoms with Crippen molar-refractivity contribution in [2.24, 2.45) is 11.8 Å². The topological polar surface area (TPSA) is 102 Å². The van der Waals surface area contributed by atoms with Crippen LogP contribution in [-0.4, -0.2) is 61.5 Å². The normalized spacial score (nSPS) is 15.8. The number of hydrogen-bond donors (Lipinski definition) is 1. The van der Waals surface area contributed by atoms with Crippen LogP contribution in [0.25, 0.3) is 0 Å². The molecule has 1 aromatic heterocycles. The Morgan fingerprint density at radius 1 is 1.25 bits per heavy atom. The van der Waals surface area contributed by atoms with Crippen LogP contribution in [0.1, 0.15) is 36.4 Å². The van der Waals surface area contributed by atoms with E-state index in [1.807, 2.05) is 0 Å². The largest absolute Gasteiger partial charge is 0.469 e. The van der Waals surface area contributed by atoms with Crippen molar-refractivity contribution in [2.45, 2.75) is 32.7 Å². The molecule has 1 N–H and O–H groups in total. The zero-order chi connectivity index (χ0) is 20.7. The molecule has 1 aliphatic heterocycles. The van der Waals surface area contributed by atoms with Crippen LogP contribution in [0.4, 0.5) is 0 Å². The third-order valence-electron chi connectivity index (χ3n) is 4.67. The van der Waals surface area contributed by atoms with E-state index in [2.05, 4.69) is 5.32 Å². The molecule has 1 aliphatic rings. The summed E-state index contributed by atoms with van der Waals surface area (Å²) in [5.74, 6) is -1.96. The van der Waals surface area contributed by atoms with E-state index in [0.29, 0.717) is 30.8 Å². The number of thiophene rings is 1.